The van der Waals surface area contributed by atoms with Gasteiger partial charge in [-0.2, -0.15) is 0 Å². The van der Waals surface area contributed by atoms with Gasteiger partial charge >= 0.3 is 0 Å². The molecule has 6 rings (SSSR count). The molecule has 4 aliphatic carbocycles. The van der Waals surface area contributed by atoms with Gasteiger partial charge in [-0.25, -0.2) is 0 Å². The van der Waals surface area contributed by atoms with Crippen molar-refractivity contribution in [2.24, 2.45) is 23.2 Å². The molecule has 9 nitrogen and oxygen atoms in total. The van der Waals surface area contributed by atoms with Crippen LogP contribution in [0.4, 0.5) is 0 Å². The van der Waals surface area contributed by atoms with E-state index in [9.17, 15) is 20.1 Å². The van der Waals surface area contributed by atoms with Crippen LogP contribution in [0, 0.1) is 23.2 Å². The van der Waals surface area contributed by atoms with Gasteiger partial charge < -0.3 is 20.6 Å². The number of likely N-dealkylation sites (tertiary alicyclic amines) is 1. The van der Waals surface area contributed by atoms with Crippen LogP contribution in [0.2, 0.25) is 0 Å². The molecule has 4 bridgehead atoms. The molecular weight excluding hydrogens is 434 g/mol. The highest BCUT2D eigenvalue weighted by Crippen LogP contribution is 2.60. The van der Waals surface area contributed by atoms with Crippen LogP contribution in [-0.2, 0) is 17.8 Å². The van der Waals surface area contributed by atoms with Crippen molar-refractivity contribution in [3.05, 3.63) is 11.9 Å². The monoisotopic (exact) mass is 475 g/mol. The Morgan fingerprint density at radius 3 is 2.32 bits per heavy atom. The number of rotatable bonds is 8. The molecule has 190 valence electrons. The Balaban J connectivity index is 1.25. The summed E-state index contributed by atoms with van der Waals surface area (Å²) < 4.78 is 2.04. The van der Waals surface area contributed by atoms with E-state index in [1.165, 1.54) is 45.4 Å². The first-order valence-corrected chi connectivity index (χ1v) is 13.2. The second kappa shape index (κ2) is 9.48. The fourth-order valence-corrected chi connectivity index (χ4v) is 8.37. The fourth-order valence-electron chi connectivity index (χ4n) is 8.37. The van der Waals surface area contributed by atoms with Crippen molar-refractivity contribution in [2.45, 2.75) is 102 Å². The molecule has 9 heteroatoms. The standard InChI is InChI=1S/C25H41N5O4/c1-3-20-22(26-15(2)32)24(34)23(33)21(13-31)30(20)5-4-19-12-29(28-27-19)14-25-9-16-6-17(10-25)8-18(7-16)11-25/h12,16-18,20-24,31,33-34H,3-11,13-14H2,1-2H3,(H,26,32)/t16?,17?,18?,20-,21+,22-,23+,24+,25?/m0/s1. The van der Waals surface area contributed by atoms with Crippen LogP contribution in [0.15, 0.2) is 6.20 Å². The number of nitrogens with one attached hydrogen (secondary N) is 1. The van der Waals surface area contributed by atoms with Gasteiger partial charge in [0.1, 0.15) is 6.10 Å². The molecule has 0 unspecified atom stereocenters. The number of piperidine rings is 1. The number of aliphatic hydroxyl groups is 3. The van der Waals surface area contributed by atoms with Gasteiger partial charge in [0.2, 0.25) is 5.91 Å². The highest BCUT2D eigenvalue weighted by molar-refractivity contribution is 5.73. The molecule has 4 saturated carbocycles. The maximum atomic E-state index is 11.7. The van der Waals surface area contributed by atoms with Gasteiger partial charge in [-0.15, -0.1) is 5.10 Å². The molecule has 1 amide bonds. The zero-order valence-corrected chi connectivity index (χ0v) is 20.5. The maximum absolute atomic E-state index is 11.7. The van der Waals surface area contributed by atoms with Crippen molar-refractivity contribution in [3.63, 3.8) is 0 Å². The van der Waals surface area contributed by atoms with Crippen LogP contribution in [0.25, 0.3) is 0 Å². The summed E-state index contributed by atoms with van der Waals surface area (Å²) in [6, 6.07) is -1.37. The average Bonchev–Trinajstić information content (AvgIpc) is 3.21. The van der Waals surface area contributed by atoms with Gasteiger partial charge in [0, 0.05) is 38.7 Å². The van der Waals surface area contributed by atoms with Crippen LogP contribution < -0.4 is 5.32 Å². The van der Waals surface area contributed by atoms with Crippen LogP contribution in [-0.4, -0.2) is 84.6 Å². The first kappa shape index (κ1) is 24.2. The third-order valence-electron chi connectivity index (χ3n) is 9.23. The zero-order chi connectivity index (χ0) is 24.0. The zero-order valence-electron chi connectivity index (χ0n) is 20.5. The molecule has 5 fully saturated rings. The third-order valence-corrected chi connectivity index (χ3v) is 9.23. The summed E-state index contributed by atoms with van der Waals surface area (Å²) in [4.78, 5) is 13.8. The Kier molecular flexibility index (Phi) is 6.74. The minimum absolute atomic E-state index is 0.193. The van der Waals surface area contributed by atoms with Crippen LogP contribution in [0.3, 0.4) is 0 Å². The molecule has 5 aliphatic rings. The third kappa shape index (κ3) is 4.52. The van der Waals surface area contributed by atoms with Gasteiger partial charge in [0.05, 0.1) is 30.5 Å². The van der Waals surface area contributed by atoms with E-state index in [4.69, 9.17) is 0 Å². The summed E-state index contributed by atoms with van der Waals surface area (Å²) in [5, 5.41) is 43.0. The molecule has 0 aromatic carbocycles. The summed E-state index contributed by atoms with van der Waals surface area (Å²) in [5.41, 5.74) is 1.29. The SMILES string of the molecule is CC[C@H]1[C@H](NC(C)=O)[C@@H](O)[C@H](O)[C@@H](CO)N1CCc1cn(CC23CC4CC(CC(C4)C2)C3)nn1. The van der Waals surface area contributed by atoms with Crippen molar-refractivity contribution in [3.8, 4) is 0 Å². The lowest BCUT2D eigenvalue weighted by Crippen LogP contribution is -2.71. The molecule has 1 aromatic heterocycles. The summed E-state index contributed by atoms with van der Waals surface area (Å²) >= 11 is 0. The molecular formula is C25H41N5O4. The fraction of sp³-hybridized carbons (Fsp3) is 0.880. The maximum Gasteiger partial charge on any atom is 0.217 e. The number of carbonyl (C=O) groups excluding carboxylic acids is 1. The lowest BCUT2D eigenvalue weighted by molar-refractivity contribution is -0.140. The molecule has 1 aliphatic heterocycles. The Hall–Kier alpha value is -1.55. The lowest BCUT2D eigenvalue weighted by atomic mass is 9.49. The average molecular weight is 476 g/mol. The van der Waals surface area contributed by atoms with E-state index in [2.05, 4.69) is 21.8 Å². The van der Waals surface area contributed by atoms with E-state index in [1.54, 1.807) is 0 Å². The van der Waals surface area contributed by atoms with Gasteiger partial charge in [-0.3, -0.25) is 14.4 Å². The van der Waals surface area contributed by atoms with E-state index in [0.717, 1.165) is 30.0 Å². The summed E-state index contributed by atoms with van der Waals surface area (Å²) in [6.07, 6.45) is 9.41. The minimum Gasteiger partial charge on any atom is -0.395 e. The number of aromatic nitrogens is 3. The topological polar surface area (TPSA) is 124 Å². The number of aliphatic hydroxyl groups excluding tert-OH is 3. The number of hydrogen-bond donors (Lipinski definition) is 4. The van der Waals surface area contributed by atoms with E-state index >= 15 is 0 Å². The van der Waals surface area contributed by atoms with Crippen LogP contribution >= 0.6 is 0 Å². The molecule has 34 heavy (non-hydrogen) atoms. The first-order valence-electron chi connectivity index (χ1n) is 13.2. The van der Waals surface area contributed by atoms with Gasteiger partial charge in [-0.1, -0.05) is 12.1 Å². The van der Waals surface area contributed by atoms with Crippen LogP contribution in [0.1, 0.15) is 64.5 Å². The molecule has 4 N–H and O–H groups in total. The Labute approximate surface area is 201 Å². The number of carbonyl (C=O) groups is 1. The highest BCUT2D eigenvalue weighted by atomic mass is 16.3. The molecule has 0 radical (unpaired) electrons. The quantitative estimate of drug-likeness (QED) is 0.437. The molecule has 0 spiro atoms. The first-order chi connectivity index (χ1) is 16.3. The van der Waals surface area contributed by atoms with Crippen molar-refractivity contribution in [1.82, 2.24) is 25.2 Å². The molecule has 5 atom stereocenters. The van der Waals surface area contributed by atoms with Crippen molar-refractivity contribution in [2.75, 3.05) is 13.2 Å². The second-order valence-electron chi connectivity index (χ2n) is 11.7. The minimum atomic E-state index is -1.14. The predicted molar refractivity (Wildman–Crippen MR) is 126 cm³/mol. The van der Waals surface area contributed by atoms with E-state index in [-0.39, 0.29) is 18.6 Å². The van der Waals surface area contributed by atoms with Crippen molar-refractivity contribution >= 4 is 5.91 Å². The Morgan fingerprint density at radius 2 is 1.76 bits per heavy atom. The Bertz CT molecular complexity index is 840. The summed E-state index contributed by atoms with van der Waals surface area (Å²) in [5.74, 6) is 2.49. The highest BCUT2D eigenvalue weighted by Gasteiger charge is 2.51. The van der Waals surface area contributed by atoms with Gasteiger partial charge in [0.15, 0.2) is 0 Å². The number of amides is 1. The summed E-state index contributed by atoms with van der Waals surface area (Å²) in [6.45, 7) is 4.66. The second-order valence-corrected chi connectivity index (χ2v) is 11.7. The lowest BCUT2D eigenvalue weighted by Gasteiger charge is -2.56. The van der Waals surface area contributed by atoms with Crippen molar-refractivity contribution < 1.29 is 20.1 Å². The molecule has 2 heterocycles. The normalized spacial score (nSPS) is 41.7. The van der Waals surface area contributed by atoms with E-state index in [0.29, 0.717) is 24.8 Å². The summed E-state index contributed by atoms with van der Waals surface area (Å²) in [7, 11) is 0. The van der Waals surface area contributed by atoms with E-state index in [1.807, 2.05) is 16.5 Å². The van der Waals surface area contributed by atoms with Crippen molar-refractivity contribution in [1.29, 1.82) is 0 Å². The number of nitrogens with zero attached hydrogens (tertiary/aromatic N) is 4. The largest absolute Gasteiger partial charge is 0.395 e. The Morgan fingerprint density at radius 1 is 1.12 bits per heavy atom. The molecule has 1 aromatic rings. The van der Waals surface area contributed by atoms with Gasteiger partial charge in [0.25, 0.3) is 0 Å². The molecule has 1 saturated heterocycles. The smallest absolute Gasteiger partial charge is 0.217 e. The van der Waals surface area contributed by atoms with E-state index < -0.39 is 24.3 Å². The number of hydrogen-bond acceptors (Lipinski definition) is 7. The van der Waals surface area contributed by atoms with Crippen LogP contribution in [0.5, 0.6) is 0 Å². The van der Waals surface area contributed by atoms with Gasteiger partial charge in [-0.05, 0) is 68.1 Å². The predicted octanol–water partition coefficient (Wildman–Crippen LogP) is 0.719.